The van der Waals surface area contributed by atoms with Crippen LogP contribution in [0.5, 0.6) is 0 Å². The van der Waals surface area contributed by atoms with Gasteiger partial charge in [0.1, 0.15) is 11.5 Å². The van der Waals surface area contributed by atoms with Crippen LogP contribution in [0.2, 0.25) is 0 Å². The number of benzene rings is 1. The number of nitrogens with one attached hydrogen (secondary N) is 2. The minimum absolute atomic E-state index is 0.0288. The molecule has 1 atom stereocenters. The number of hydrogen-bond donors (Lipinski definition) is 2. The van der Waals surface area contributed by atoms with Crippen LogP contribution in [-0.2, 0) is 4.79 Å². The zero-order chi connectivity index (χ0) is 14.8. The van der Waals surface area contributed by atoms with Gasteiger partial charge in [-0.05, 0) is 31.5 Å². The Labute approximate surface area is 115 Å². The quantitative estimate of drug-likeness (QED) is 0.653. The van der Waals surface area contributed by atoms with Crippen molar-refractivity contribution in [1.82, 2.24) is 5.32 Å². The maximum absolute atomic E-state index is 13.1. The molecule has 0 aromatic heterocycles. The van der Waals surface area contributed by atoms with Crippen LogP contribution >= 0.6 is 0 Å². The lowest BCUT2D eigenvalue weighted by Crippen LogP contribution is -2.37. The molecule has 0 saturated carbocycles. The number of rotatable bonds is 4. The first-order valence-corrected chi connectivity index (χ1v) is 6.44. The molecule has 1 saturated heterocycles. The van der Waals surface area contributed by atoms with Crippen LogP contribution in [0.15, 0.2) is 18.2 Å². The van der Waals surface area contributed by atoms with Gasteiger partial charge in [0.05, 0.1) is 16.4 Å². The van der Waals surface area contributed by atoms with Crippen molar-refractivity contribution < 1.29 is 14.1 Å². The van der Waals surface area contributed by atoms with Crippen molar-refractivity contribution in [3.63, 3.8) is 0 Å². The Morgan fingerprint density at radius 1 is 1.60 bits per heavy atom. The van der Waals surface area contributed by atoms with Crippen LogP contribution in [0.4, 0.5) is 15.8 Å². The first-order valence-electron chi connectivity index (χ1n) is 6.44. The molecule has 1 aliphatic rings. The van der Waals surface area contributed by atoms with E-state index in [1.807, 2.05) is 6.92 Å². The van der Waals surface area contributed by atoms with E-state index in [1.54, 1.807) is 0 Å². The Morgan fingerprint density at radius 3 is 2.90 bits per heavy atom. The molecule has 0 spiro atoms. The van der Waals surface area contributed by atoms with E-state index in [1.165, 1.54) is 6.07 Å². The van der Waals surface area contributed by atoms with E-state index in [-0.39, 0.29) is 11.6 Å². The van der Waals surface area contributed by atoms with Gasteiger partial charge in [-0.3, -0.25) is 14.9 Å². The highest BCUT2D eigenvalue weighted by Gasteiger charge is 2.40. The summed E-state index contributed by atoms with van der Waals surface area (Å²) in [4.78, 5) is 22.6. The topological polar surface area (TPSA) is 84.3 Å². The summed E-state index contributed by atoms with van der Waals surface area (Å²) in [5.74, 6) is -0.970. The zero-order valence-electron chi connectivity index (χ0n) is 11.1. The van der Waals surface area contributed by atoms with Gasteiger partial charge >= 0.3 is 0 Å². The normalized spacial score (nSPS) is 21.7. The number of amides is 1. The molecule has 2 rings (SSSR count). The highest BCUT2D eigenvalue weighted by Crippen LogP contribution is 2.33. The molecule has 108 valence electrons. The van der Waals surface area contributed by atoms with Crippen molar-refractivity contribution in [2.24, 2.45) is 5.41 Å². The summed E-state index contributed by atoms with van der Waals surface area (Å²) in [6, 6.07) is 3.12. The fourth-order valence-electron chi connectivity index (χ4n) is 2.42. The first-order chi connectivity index (χ1) is 9.48. The van der Waals surface area contributed by atoms with E-state index < -0.39 is 21.8 Å². The molecule has 1 aliphatic heterocycles. The van der Waals surface area contributed by atoms with Crippen LogP contribution in [-0.4, -0.2) is 23.9 Å². The largest absolute Gasteiger partial charge is 0.320 e. The number of anilines is 1. The molecule has 1 fully saturated rings. The third-order valence-corrected chi connectivity index (χ3v) is 3.81. The van der Waals surface area contributed by atoms with E-state index in [0.29, 0.717) is 19.4 Å². The van der Waals surface area contributed by atoms with Crippen molar-refractivity contribution in [3.8, 4) is 0 Å². The van der Waals surface area contributed by atoms with Crippen LogP contribution < -0.4 is 10.6 Å². The van der Waals surface area contributed by atoms with Crippen molar-refractivity contribution in [1.29, 1.82) is 0 Å². The number of halogens is 1. The number of nitrogens with zero attached hydrogens (tertiary/aromatic N) is 1. The van der Waals surface area contributed by atoms with Gasteiger partial charge in [0.2, 0.25) is 5.91 Å². The second-order valence-electron chi connectivity index (χ2n) is 4.93. The van der Waals surface area contributed by atoms with Crippen LogP contribution in [0.3, 0.4) is 0 Å². The highest BCUT2D eigenvalue weighted by atomic mass is 19.1. The highest BCUT2D eigenvalue weighted by molar-refractivity contribution is 5.97. The molecule has 0 bridgehead atoms. The smallest absolute Gasteiger partial charge is 0.295 e. The summed E-state index contributed by atoms with van der Waals surface area (Å²) in [5, 5.41) is 16.6. The number of carbonyl (C=O) groups is 1. The van der Waals surface area contributed by atoms with Crippen molar-refractivity contribution in [2.45, 2.75) is 19.8 Å². The number of carbonyl (C=O) groups excluding carboxylic acids is 1. The molecule has 2 N–H and O–H groups in total. The Balaban J connectivity index is 2.25. The molecule has 6 nitrogen and oxygen atoms in total. The predicted octanol–water partition coefficient (Wildman–Crippen LogP) is 2.06. The van der Waals surface area contributed by atoms with Gasteiger partial charge in [-0.15, -0.1) is 0 Å². The van der Waals surface area contributed by atoms with Gasteiger partial charge in [0.15, 0.2) is 0 Å². The second kappa shape index (κ2) is 5.54. The van der Waals surface area contributed by atoms with Crippen LogP contribution in [0.25, 0.3) is 0 Å². The Hall–Kier alpha value is -2.02. The molecule has 1 heterocycles. The number of nitro groups is 1. The van der Waals surface area contributed by atoms with Crippen LogP contribution in [0, 0.1) is 21.3 Å². The summed E-state index contributed by atoms with van der Waals surface area (Å²) in [5.41, 5.74) is -0.959. The summed E-state index contributed by atoms with van der Waals surface area (Å²) in [6.07, 6.45) is 1.32. The third-order valence-electron chi connectivity index (χ3n) is 3.81. The lowest BCUT2D eigenvalue weighted by molar-refractivity contribution is -0.384. The Morgan fingerprint density at radius 2 is 2.35 bits per heavy atom. The first kappa shape index (κ1) is 14.4. The molecule has 0 aliphatic carbocycles. The minimum atomic E-state index is -0.706. The van der Waals surface area contributed by atoms with E-state index in [4.69, 9.17) is 0 Å². The SMILES string of the molecule is CCC1(C(=O)Nc2ccc(F)cc2[N+](=O)[O-])CCNC1. The molecule has 1 unspecified atom stereocenters. The van der Waals surface area contributed by atoms with Crippen molar-refractivity contribution in [2.75, 3.05) is 18.4 Å². The average Bonchev–Trinajstić information content (AvgIpc) is 2.90. The Bertz CT molecular complexity index is 542. The number of hydrogen-bond acceptors (Lipinski definition) is 4. The predicted molar refractivity (Wildman–Crippen MR) is 71.9 cm³/mol. The maximum atomic E-state index is 13.1. The summed E-state index contributed by atoms with van der Waals surface area (Å²) < 4.78 is 13.1. The summed E-state index contributed by atoms with van der Waals surface area (Å²) in [7, 11) is 0. The van der Waals surface area contributed by atoms with Gasteiger partial charge in [-0.2, -0.15) is 0 Å². The van der Waals surface area contributed by atoms with Gasteiger partial charge in [0.25, 0.3) is 5.69 Å². The molecule has 7 heteroatoms. The fourth-order valence-corrected chi connectivity index (χ4v) is 2.42. The van der Waals surface area contributed by atoms with Crippen molar-refractivity contribution >= 4 is 17.3 Å². The molecular formula is C13H16FN3O3. The molecule has 1 aromatic carbocycles. The van der Waals surface area contributed by atoms with Gasteiger partial charge < -0.3 is 10.6 Å². The van der Waals surface area contributed by atoms with Crippen LogP contribution in [0.1, 0.15) is 19.8 Å². The van der Waals surface area contributed by atoms with E-state index in [9.17, 15) is 19.3 Å². The molecule has 1 aromatic rings. The molecule has 20 heavy (non-hydrogen) atoms. The van der Waals surface area contributed by atoms with E-state index in [0.717, 1.165) is 18.7 Å². The van der Waals surface area contributed by atoms with Crippen molar-refractivity contribution in [3.05, 3.63) is 34.1 Å². The lowest BCUT2D eigenvalue weighted by Gasteiger charge is -2.25. The monoisotopic (exact) mass is 281 g/mol. The summed E-state index contributed by atoms with van der Waals surface area (Å²) >= 11 is 0. The minimum Gasteiger partial charge on any atom is -0.320 e. The van der Waals surface area contributed by atoms with Gasteiger partial charge in [-0.1, -0.05) is 6.92 Å². The van der Waals surface area contributed by atoms with Gasteiger partial charge in [-0.25, -0.2) is 4.39 Å². The zero-order valence-corrected chi connectivity index (χ0v) is 11.1. The second-order valence-corrected chi connectivity index (χ2v) is 4.93. The lowest BCUT2D eigenvalue weighted by atomic mass is 9.83. The molecular weight excluding hydrogens is 265 g/mol. The fraction of sp³-hybridized carbons (Fsp3) is 0.462. The Kier molecular flexibility index (Phi) is 3.99. The third kappa shape index (κ3) is 2.62. The summed E-state index contributed by atoms with van der Waals surface area (Å²) in [6.45, 7) is 3.20. The maximum Gasteiger partial charge on any atom is 0.295 e. The number of nitro benzene ring substituents is 1. The van der Waals surface area contributed by atoms with E-state index >= 15 is 0 Å². The van der Waals surface area contributed by atoms with Gasteiger partial charge in [0, 0.05) is 6.54 Å². The van der Waals surface area contributed by atoms with E-state index in [2.05, 4.69) is 10.6 Å². The average molecular weight is 281 g/mol. The molecule has 1 amide bonds. The molecule has 0 radical (unpaired) electrons. The standard InChI is InChI=1S/C13H16FN3O3/c1-2-13(5-6-15-8-13)12(18)16-10-4-3-9(14)7-11(10)17(19)20/h3-4,7,15H,2,5-6,8H2,1H3,(H,16,18).